The first-order valence-electron chi connectivity index (χ1n) is 13.8. The van der Waals surface area contributed by atoms with E-state index in [1.165, 1.54) is 25.5 Å². The normalized spacial score (nSPS) is 20.4. The average Bonchev–Trinajstić information content (AvgIpc) is 3.59. The van der Waals surface area contributed by atoms with Crippen molar-refractivity contribution in [1.29, 1.82) is 0 Å². The van der Waals surface area contributed by atoms with Crippen LogP contribution in [0.25, 0.3) is 11.2 Å². The number of aliphatic hydroxyl groups excluding tert-OH is 1. The first kappa shape index (κ1) is 28.1. The third-order valence-corrected chi connectivity index (χ3v) is 7.70. The molecule has 1 unspecified atom stereocenters. The Balaban J connectivity index is 0.000000184. The number of hydrogen-bond donors (Lipinski definition) is 3. The zero-order chi connectivity index (χ0) is 28.2. The maximum absolute atomic E-state index is 14.0. The first-order chi connectivity index (χ1) is 19.3. The number of fused-ring (bicyclic) bond motifs is 1. The van der Waals surface area contributed by atoms with Crippen LogP contribution >= 0.6 is 0 Å². The lowest BCUT2D eigenvalue weighted by Gasteiger charge is -2.33. The number of benzene rings is 1. The second-order valence-corrected chi connectivity index (χ2v) is 10.5. The summed E-state index contributed by atoms with van der Waals surface area (Å²) in [6.45, 7) is 2.47. The summed E-state index contributed by atoms with van der Waals surface area (Å²) in [6, 6.07) is 1.05. The van der Waals surface area contributed by atoms with Gasteiger partial charge >= 0.3 is 0 Å². The fourth-order valence-corrected chi connectivity index (χ4v) is 5.53. The smallest absolute Gasteiger partial charge is 0.225 e. The van der Waals surface area contributed by atoms with Gasteiger partial charge in [-0.1, -0.05) is 19.3 Å². The molecule has 0 bridgehead atoms. The number of nitrogens with two attached hydrogens (primary N) is 1. The van der Waals surface area contributed by atoms with Gasteiger partial charge in [0.2, 0.25) is 17.8 Å². The minimum absolute atomic E-state index is 0.0539. The van der Waals surface area contributed by atoms with Gasteiger partial charge in [0.15, 0.2) is 17.3 Å². The van der Waals surface area contributed by atoms with Crippen LogP contribution in [0, 0.1) is 23.4 Å². The van der Waals surface area contributed by atoms with Crippen molar-refractivity contribution < 1.29 is 27.8 Å². The summed E-state index contributed by atoms with van der Waals surface area (Å²) in [5.74, 6) is -2.30. The summed E-state index contributed by atoms with van der Waals surface area (Å²) < 4.78 is 48.1. The van der Waals surface area contributed by atoms with E-state index in [1.54, 1.807) is 4.57 Å². The lowest BCUT2D eigenvalue weighted by atomic mass is 9.88. The van der Waals surface area contributed by atoms with E-state index in [0.29, 0.717) is 48.8 Å². The third kappa shape index (κ3) is 6.30. The highest BCUT2D eigenvalue weighted by atomic mass is 19.1. The van der Waals surface area contributed by atoms with Gasteiger partial charge in [-0.3, -0.25) is 9.36 Å². The Bertz CT molecular complexity index is 1310. The summed E-state index contributed by atoms with van der Waals surface area (Å²) >= 11 is 0. The molecule has 6 rings (SSSR count). The summed E-state index contributed by atoms with van der Waals surface area (Å²) in [6.07, 6.45) is 9.33. The number of aromatic nitrogens is 4. The van der Waals surface area contributed by atoms with Crippen LogP contribution in [-0.4, -0.2) is 67.8 Å². The molecule has 40 heavy (non-hydrogen) atoms. The van der Waals surface area contributed by atoms with E-state index in [4.69, 9.17) is 10.5 Å². The molecule has 2 aliphatic heterocycles. The first-order valence-corrected chi connectivity index (χ1v) is 13.8. The van der Waals surface area contributed by atoms with E-state index >= 15 is 0 Å². The summed E-state index contributed by atoms with van der Waals surface area (Å²) in [5.41, 5.74) is 5.97. The molecule has 13 heteroatoms. The van der Waals surface area contributed by atoms with Crippen molar-refractivity contribution in [3.63, 3.8) is 0 Å². The van der Waals surface area contributed by atoms with Crippen LogP contribution in [0.3, 0.4) is 0 Å². The number of ether oxygens (including phenoxy) is 1. The number of halogens is 3. The molecule has 4 heterocycles. The van der Waals surface area contributed by atoms with Gasteiger partial charge in [0, 0.05) is 37.7 Å². The monoisotopic (exact) mass is 561 g/mol. The van der Waals surface area contributed by atoms with Gasteiger partial charge < -0.3 is 25.8 Å². The number of piperidine rings is 1. The zero-order valence-corrected chi connectivity index (χ0v) is 22.2. The minimum Gasteiger partial charge on any atom is -0.393 e. The van der Waals surface area contributed by atoms with Gasteiger partial charge in [-0.15, -0.1) is 0 Å². The molecule has 1 atom stereocenters. The van der Waals surface area contributed by atoms with Gasteiger partial charge in [0.05, 0.1) is 24.9 Å². The van der Waals surface area contributed by atoms with E-state index in [1.807, 2.05) is 4.90 Å². The molecule has 4 N–H and O–H groups in total. The van der Waals surface area contributed by atoms with Crippen molar-refractivity contribution in [2.75, 3.05) is 37.4 Å². The molecule has 0 spiro atoms. The lowest BCUT2D eigenvalue weighted by Crippen LogP contribution is -2.43. The molecule has 3 fully saturated rings. The van der Waals surface area contributed by atoms with Crippen LogP contribution in [-0.2, 0) is 9.53 Å². The van der Waals surface area contributed by atoms with Crippen molar-refractivity contribution in [3.05, 3.63) is 35.8 Å². The van der Waals surface area contributed by atoms with Gasteiger partial charge in [-0.25, -0.2) is 23.1 Å². The van der Waals surface area contributed by atoms with Crippen LogP contribution in [0.15, 0.2) is 18.3 Å². The van der Waals surface area contributed by atoms with Gasteiger partial charge in [-0.2, -0.15) is 4.98 Å². The Morgan fingerprint density at radius 1 is 1.02 bits per heavy atom. The highest BCUT2D eigenvalue weighted by Gasteiger charge is 2.29. The number of likely N-dealkylation sites (tertiary alicyclic amines) is 1. The molecule has 1 amide bonds. The molecular formula is C27H34F3N7O3. The number of carbonyl (C=O) groups is 1. The average molecular weight is 562 g/mol. The van der Waals surface area contributed by atoms with Crippen LogP contribution < -0.4 is 11.1 Å². The fourth-order valence-electron chi connectivity index (χ4n) is 5.53. The lowest BCUT2D eigenvalue weighted by molar-refractivity contribution is -0.138. The molecular weight excluding hydrogens is 527 g/mol. The number of amides is 1. The molecule has 2 saturated heterocycles. The number of nitrogens with one attached hydrogen (secondary N) is 1. The molecule has 3 aromatic rings. The standard InChI is InChI=1S/C15H13F3N6O.C12H21NO2/c16-7-3-9(17)12(10(18)4-7)22-15-21-11-5-20-14(19)23-13(11)24(15)8-1-2-25-6-8;14-11-6-8-13(9-7-11)12(15)10-4-2-1-3-5-10/h3-5,8H,1-2,6H2,(H,21,22)(H2,19,20,23);10-11,14H,1-9H2. The number of carbonyl (C=O) groups excluding carboxylic acids is 1. The largest absolute Gasteiger partial charge is 0.393 e. The second-order valence-electron chi connectivity index (χ2n) is 10.5. The zero-order valence-electron chi connectivity index (χ0n) is 22.2. The van der Waals surface area contributed by atoms with Crippen LogP contribution in [0.4, 0.5) is 30.8 Å². The van der Waals surface area contributed by atoms with Crippen LogP contribution in [0.2, 0.25) is 0 Å². The minimum atomic E-state index is -1.07. The number of imidazole rings is 1. The fraction of sp³-hybridized carbons (Fsp3) is 0.556. The summed E-state index contributed by atoms with van der Waals surface area (Å²) in [7, 11) is 0. The predicted octanol–water partition coefficient (Wildman–Crippen LogP) is 4.08. The van der Waals surface area contributed by atoms with Gasteiger partial charge in [0.25, 0.3) is 0 Å². The highest BCUT2D eigenvalue weighted by Crippen LogP contribution is 2.32. The maximum Gasteiger partial charge on any atom is 0.225 e. The van der Waals surface area contributed by atoms with Gasteiger partial charge in [0.1, 0.15) is 17.0 Å². The van der Waals surface area contributed by atoms with Crippen molar-refractivity contribution in [3.8, 4) is 0 Å². The van der Waals surface area contributed by atoms with E-state index < -0.39 is 23.1 Å². The number of hydrogen-bond acceptors (Lipinski definition) is 8. The molecule has 3 aliphatic rings. The molecule has 1 aromatic carbocycles. The number of nitrogens with zero attached hydrogens (tertiary/aromatic N) is 5. The van der Waals surface area contributed by atoms with E-state index in [0.717, 1.165) is 38.8 Å². The summed E-state index contributed by atoms with van der Waals surface area (Å²) in [5, 5.41) is 12.0. The third-order valence-electron chi connectivity index (χ3n) is 7.70. The quantitative estimate of drug-likeness (QED) is 0.434. The maximum atomic E-state index is 14.0. The Morgan fingerprint density at radius 2 is 1.73 bits per heavy atom. The molecule has 1 aliphatic carbocycles. The SMILES string of the molecule is Nc1ncc2nc(Nc3c(F)cc(F)cc3F)n(C3CCOC3)c2n1.O=C(C1CCCCC1)N1CCC(O)CC1. The molecule has 216 valence electrons. The van der Waals surface area contributed by atoms with Crippen LogP contribution in [0.5, 0.6) is 0 Å². The Labute approximate surface area is 229 Å². The number of nitrogen functional groups attached to an aromatic ring is 1. The highest BCUT2D eigenvalue weighted by molar-refractivity contribution is 5.79. The predicted molar refractivity (Wildman–Crippen MR) is 142 cm³/mol. The number of rotatable bonds is 4. The van der Waals surface area contributed by atoms with Crippen molar-refractivity contribution in [2.45, 2.75) is 63.5 Å². The van der Waals surface area contributed by atoms with E-state index in [9.17, 15) is 23.1 Å². The van der Waals surface area contributed by atoms with Crippen LogP contribution in [0.1, 0.15) is 57.4 Å². The Kier molecular flexibility index (Phi) is 8.69. The molecule has 1 saturated carbocycles. The topological polar surface area (TPSA) is 131 Å². The van der Waals surface area contributed by atoms with Crippen molar-refractivity contribution in [2.24, 2.45) is 5.92 Å². The van der Waals surface area contributed by atoms with E-state index in [-0.39, 0.29) is 30.0 Å². The van der Waals surface area contributed by atoms with Crippen molar-refractivity contribution in [1.82, 2.24) is 24.4 Å². The van der Waals surface area contributed by atoms with Gasteiger partial charge in [-0.05, 0) is 32.1 Å². The Hall–Kier alpha value is -3.45. The molecule has 0 radical (unpaired) electrons. The second kappa shape index (κ2) is 12.4. The van der Waals surface area contributed by atoms with Crippen molar-refractivity contribution >= 4 is 34.7 Å². The number of aliphatic hydroxyl groups is 1. The number of anilines is 3. The van der Waals surface area contributed by atoms with E-state index in [2.05, 4.69) is 20.3 Å². The molecule has 10 nitrogen and oxygen atoms in total. The summed E-state index contributed by atoms with van der Waals surface area (Å²) in [4.78, 5) is 26.4. The molecule has 2 aromatic heterocycles. The Morgan fingerprint density at radius 3 is 2.38 bits per heavy atom.